The quantitative estimate of drug-likeness (QED) is 0.573. The number of hydrogen-bond donors (Lipinski definition) is 2. The summed E-state index contributed by atoms with van der Waals surface area (Å²) in [5.41, 5.74) is 5.75. The van der Waals surface area contributed by atoms with Gasteiger partial charge < -0.3 is 19.8 Å². The Morgan fingerprint density at radius 2 is 1.84 bits per heavy atom. The van der Waals surface area contributed by atoms with Gasteiger partial charge in [0.05, 0.1) is 19.4 Å². The maximum absolute atomic E-state index is 11.4. The first-order chi connectivity index (χ1) is 15.0. The molecule has 31 heavy (non-hydrogen) atoms. The largest absolute Gasteiger partial charge is 0.480 e. The molecule has 0 bridgehead atoms. The molecular weight excluding hydrogens is 392 g/mol. The number of aromatic nitrogens is 1. The molecule has 0 aliphatic heterocycles. The van der Waals surface area contributed by atoms with Gasteiger partial charge in [-0.15, -0.1) is 0 Å². The minimum atomic E-state index is -1.12. The third-order valence-electron chi connectivity index (χ3n) is 5.25. The first-order valence-corrected chi connectivity index (χ1v) is 9.91. The highest BCUT2D eigenvalue weighted by Crippen LogP contribution is 2.29. The monoisotopic (exact) mass is 418 g/mol. The molecule has 1 aromatic heterocycles. The number of carboxylic acids is 1. The third kappa shape index (κ3) is 4.92. The Morgan fingerprint density at radius 1 is 1.10 bits per heavy atom. The fraction of sp³-hybridized carbons (Fsp3) is 0.200. The minimum Gasteiger partial charge on any atom is -0.480 e. The van der Waals surface area contributed by atoms with Crippen LogP contribution in [0.2, 0.25) is 0 Å². The summed E-state index contributed by atoms with van der Waals surface area (Å²) in [6.45, 7) is 1.57. The number of likely N-dealkylation sites (N-methyl/N-ethyl adjacent to an activating group) is 1. The molecule has 0 unspecified atom stereocenters. The number of aliphatic carboxylic acids is 1. The number of ether oxygens (including phenoxy) is 1. The molecule has 2 aromatic carbocycles. The van der Waals surface area contributed by atoms with E-state index in [0.717, 1.165) is 5.56 Å². The van der Waals surface area contributed by atoms with E-state index in [2.05, 4.69) is 36.2 Å². The molecule has 2 N–H and O–H groups in total. The summed E-state index contributed by atoms with van der Waals surface area (Å²) >= 11 is 0. The first kappa shape index (κ1) is 22.1. The summed E-state index contributed by atoms with van der Waals surface area (Å²) < 4.78 is 5.37. The second-order valence-corrected chi connectivity index (χ2v) is 7.13. The Hall–Kier alpha value is -3.64. The Morgan fingerprint density at radius 3 is 2.48 bits per heavy atom. The van der Waals surface area contributed by atoms with Gasteiger partial charge in [0.2, 0.25) is 5.88 Å². The highest BCUT2D eigenvalue weighted by Gasteiger charge is 2.24. The van der Waals surface area contributed by atoms with Gasteiger partial charge in [-0.3, -0.25) is 0 Å². The van der Waals surface area contributed by atoms with Crippen molar-refractivity contribution in [3.05, 3.63) is 77.5 Å². The lowest BCUT2D eigenvalue weighted by Crippen LogP contribution is -2.41. The van der Waals surface area contributed by atoms with Gasteiger partial charge in [-0.2, -0.15) is 0 Å². The van der Waals surface area contributed by atoms with E-state index in [1.165, 1.54) is 28.7 Å². The molecule has 6 heteroatoms. The van der Waals surface area contributed by atoms with Crippen molar-refractivity contribution in [3.63, 3.8) is 0 Å². The normalized spacial score (nSPS) is 12.0. The van der Waals surface area contributed by atoms with E-state index in [1.807, 2.05) is 36.4 Å². The summed E-state index contributed by atoms with van der Waals surface area (Å²) in [6, 6.07) is 18.9. The van der Waals surface area contributed by atoms with Crippen molar-refractivity contribution in [1.29, 1.82) is 0 Å². The zero-order valence-electron chi connectivity index (χ0n) is 17.8. The van der Waals surface area contributed by atoms with E-state index in [4.69, 9.17) is 4.74 Å². The summed E-state index contributed by atoms with van der Waals surface area (Å²) in [4.78, 5) is 17.3. The molecule has 0 aliphatic rings. The zero-order valence-corrected chi connectivity index (χ0v) is 17.8. The van der Waals surface area contributed by atoms with Crippen molar-refractivity contribution in [2.24, 2.45) is 0 Å². The predicted octanol–water partition coefficient (Wildman–Crippen LogP) is 4.12. The standard InChI is InChI=1S/C25H26N2O4/c1-17-18(10-7-11-21(17)19-8-5-4-6-9-19)12-13-20-14-15-22(24(26-20)31-3)27(2)23(16-28)25(29)30/h4-15,23,28H,16H2,1-3H3,(H,29,30)/b13-12+/t23-/m1/s1. The average molecular weight is 418 g/mol. The lowest BCUT2D eigenvalue weighted by molar-refractivity contribution is -0.139. The zero-order chi connectivity index (χ0) is 22.4. The summed E-state index contributed by atoms with van der Waals surface area (Å²) in [5, 5.41) is 18.7. The van der Waals surface area contributed by atoms with Crippen molar-refractivity contribution in [1.82, 2.24) is 4.98 Å². The second kappa shape index (κ2) is 9.91. The van der Waals surface area contributed by atoms with E-state index < -0.39 is 18.6 Å². The highest BCUT2D eigenvalue weighted by atomic mass is 16.5. The number of methoxy groups -OCH3 is 1. The van der Waals surface area contributed by atoms with Crippen LogP contribution in [0.3, 0.4) is 0 Å². The van der Waals surface area contributed by atoms with Gasteiger partial charge >= 0.3 is 5.97 Å². The maximum atomic E-state index is 11.4. The molecule has 0 saturated carbocycles. The van der Waals surface area contributed by atoms with Crippen molar-refractivity contribution in [2.45, 2.75) is 13.0 Å². The molecule has 0 radical (unpaired) electrons. The van der Waals surface area contributed by atoms with Crippen LogP contribution in [-0.4, -0.2) is 48.0 Å². The third-order valence-corrected chi connectivity index (χ3v) is 5.25. The number of hydrogen-bond acceptors (Lipinski definition) is 5. The molecular formula is C25H26N2O4. The van der Waals surface area contributed by atoms with Crippen LogP contribution in [-0.2, 0) is 4.79 Å². The SMILES string of the molecule is COc1nc(/C=C/c2cccc(-c3ccccc3)c2C)ccc1N(C)[C@H](CO)C(=O)O. The van der Waals surface area contributed by atoms with Crippen molar-refractivity contribution in [2.75, 3.05) is 25.7 Å². The van der Waals surface area contributed by atoms with Crippen molar-refractivity contribution < 1.29 is 19.7 Å². The van der Waals surface area contributed by atoms with Gasteiger partial charge in [-0.05, 0) is 47.4 Å². The van der Waals surface area contributed by atoms with Gasteiger partial charge in [-0.25, -0.2) is 9.78 Å². The molecule has 3 rings (SSSR count). The predicted molar refractivity (Wildman–Crippen MR) is 123 cm³/mol. The topological polar surface area (TPSA) is 82.9 Å². The number of nitrogens with zero attached hydrogens (tertiary/aromatic N) is 2. The molecule has 0 fully saturated rings. The maximum Gasteiger partial charge on any atom is 0.328 e. The van der Waals surface area contributed by atoms with Gasteiger partial charge in [0.25, 0.3) is 0 Å². The second-order valence-electron chi connectivity index (χ2n) is 7.13. The van der Waals surface area contributed by atoms with E-state index in [0.29, 0.717) is 17.3 Å². The fourth-order valence-corrected chi connectivity index (χ4v) is 3.43. The average Bonchev–Trinajstić information content (AvgIpc) is 2.79. The highest BCUT2D eigenvalue weighted by molar-refractivity contribution is 5.80. The first-order valence-electron chi connectivity index (χ1n) is 9.91. The Balaban J connectivity index is 1.89. The summed E-state index contributed by atoms with van der Waals surface area (Å²) in [7, 11) is 3.07. The number of rotatable bonds is 8. The van der Waals surface area contributed by atoms with E-state index in [-0.39, 0.29) is 0 Å². The molecule has 0 saturated heterocycles. The Kier molecular flexibility index (Phi) is 7.05. The van der Waals surface area contributed by atoms with E-state index in [1.54, 1.807) is 19.2 Å². The van der Waals surface area contributed by atoms with Gasteiger partial charge in [-0.1, -0.05) is 54.6 Å². The number of carbonyl (C=O) groups is 1. The van der Waals surface area contributed by atoms with Crippen LogP contribution in [0, 0.1) is 6.92 Å². The van der Waals surface area contributed by atoms with Gasteiger partial charge in [0.15, 0.2) is 6.04 Å². The van der Waals surface area contributed by atoms with Crippen LogP contribution in [0.25, 0.3) is 23.3 Å². The summed E-state index contributed by atoms with van der Waals surface area (Å²) in [6.07, 6.45) is 3.89. The Bertz CT molecular complexity index is 1080. The molecule has 160 valence electrons. The smallest absolute Gasteiger partial charge is 0.328 e. The van der Waals surface area contributed by atoms with Gasteiger partial charge in [0, 0.05) is 7.05 Å². The lowest BCUT2D eigenvalue weighted by atomic mass is 9.96. The van der Waals surface area contributed by atoms with Crippen LogP contribution in [0.5, 0.6) is 5.88 Å². The van der Waals surface area contributed by atoms with E-state index in [9.17, 15) is 15.0 Å². The minimum absolute atomic E-state index is 0.291. The number of aliphatic hydroxyl groups excluding tert-OH is 1. The van der Waals surface area contributed by atoms with Crippen LogP contribution >= 0.6 is 0 Å². The molecule has 3 aromatic rings. The lowest BCUT2D eigenvalue weighted by Gasteiger charge is -2.26. The molecule has 6 nitrogen and oxygen atoms in total. The van der Waals surface area contributed by atoms with Gasteiger partial charge in [0.1, 0.15) is 5.69 Å². The number of anilines is 1. The molecule has 0 spiro atoms. The summed E-state index contributed by atoms with van der Waals surface area (Å²) in [5.74, 6) is -0.830. The molecule has 1 heterocycles. The molecule has 0 aliphatic carbocycles. The number of aliphatic hydroxyl groups is 1. The van der Waals surface area contributed by atoms with Crippen LogP contribution < -0.4 is 9.64 Å². The number of carboxylic acid groups (broad SMARTS) is 1. The van der Waals surface area contributed by atoms with Crippen LogP contribution in [0.1, 0.15) is 16.8 Å². The van der Waals surface area contributed by atoms with Crippen LogP contribution in [0.15, 0.2) is 60.7 Å². The molecule has 0 amide bonds. The Labute approximate surface area is 182 Å². The molecule has 1 atom stereocenters. The van der Waals surface area contributed by atoms with Crippen molar-refractivity contribution >= 4 is 23.8 Å². The number of benzene rings is 2. The van der Waals surface area contributed by atoms with Crippen molar-refractivity contribution in [3.8, 4) is 17.0 Å². The van der Waals surface area contributed by atoms with E-state index >= 15 is 0 Å². The fourth-order valence-electron chi connectivity index (χ4n) is 3.43. The number of pyridine rings is 1. The van der Waals surface area contributed by atoms with Crippen LogP contribution in [0.4, 0.5) is 5.69 Å².